The van der Waals surface area contributed by atoms with Crippen molar-refractivity contribution in [2.45, 2.75) is 25.2 Å². The Labute approximate surface area is 157 Å². The Hall–Kier alpha value is -3.30. The molecule has 0 saturated heterocycles. The summed E-state index contributed by atoms with van der Waals surface area (Å²) in [5.74, 6) is 0.255. The molecule has 0 fully saturated rings. The van der Waals surface area contributed by atoms with Crippen molar-refractivity contribution in [3.05, 3.63) is 87.8 Å². The van der Waals surface area contributed by atoms with Crippen molar-refractivity contribution in [2.75, 3.05) is 11.9 Å². The van der Waals surface area contributed by atoms with Gasteiger partial charge in [-0.2, -0.15) is 0 Å². The van der Waals surface area contributed by atoms with Crippen LogP contribution in [0.5, 0.6) is 0 Å². The molecule has 2 unspecified atom stereocenters. The van der Waals surface area contributed by atoms with Gasteiger partial charge < -0.3 is 5.32 Å². The molecule has 1 amide bonds. The van der Waals surface area contributed by atoms with Crippen LogP contribution < -0.4 is 5.32 Å². The molecule has 1 aliphatic heterocycles. The number of benzene rings is 3. The third-order valence-corrected chi connectivity index (χ3v) is 5.32. The number of hydrogen-bond acceptors (Lipinski definition) is 2. The molecule has 0 radical (unpaired) electrons. The number of anilines is 1. The SMILES string of the molecule is CC(CN=[N+]=[N-])c1ccc(C2CC(=O)Nc3c2ccc2ccccc32)cc1. The number of nitrogens with one attached hydrogen (secondary N) is 1. The highest BCUT2D eigenvalue weighted by atomic mass is 16.1. The van der Waals surface area contributed by atoms with Crippen molar-refractivity contribution in [3.8, 4) is 0 Å². The van der Waals surface area contributed by atoms with E-state index in [4.69, 9.17) is 5.53 Å². The quantitative estimate of drug-likeness (QED) is 0.362. The van der Waals surface area contributed by atoms with Crippen LogP contribution in [0, 0.1) is 0 Å². The maximum absolute atomic E-state index is 12.4. The summed E-state index contributed by atoms with van der Waals surface area (Å²) in [5, 5.41) is 8.93. The smallest absolute Gasteiger partial charge is 0.225 e. The minimum absolute atomic E-state index is 0.0415. The van der Waals surface area contributed by atoms with E-state index in [9.17, 15) is 4.79 Å². The average Bonchev–Trinajstić information content (AvgIpc) is 2.71. The van der Waals surface area contributed by atoms with Gasteiger partial charge in [-0.05, 0) is 33.5 Å². The number of carbonyl (C=O) groups is 1. The first kappa shape index (κ1) is 17.1. The summed E-state index contributed by atoms with van der Waals surface area (Å²) < 4.78 is 0. The van der Waals surface area contributed by atoms with E-state index in [1.54, 1.807) is 0 Å². The molecule has 0 aromatic heterocycles. The molecular weight excluding hydrogens is 336 g/mol. The maximum Gasteiger partial charge on any atom is 0.225 e. The van der Waals surface area contributed by atoms with Gasteiger partial charge in [0, 0.05) is 29.2 Å². The van der Waals surface area contributed by atoms with E-state index in [2.05, 4.69) is 63.9 Å². The zero-order valence-electron chi connectivity index (χ0n) is 15.1. The van der Waals surface area contributed by atoms with Crippen molar-refractivity contribution in [2.24, 2.45) is 5.11 Å². The summed E-state index contributed by atoms with van der Waals surface area (Å²) in [5.41, 5.74) is 12.8. The van der Waals surface area contributed by atoms with Crippen LogP contribution in [0.25, 0.3) is 21.2 Å². The average molecular weight is 356 g/mol. The van der Waals surface area contributed by atoms with Gasteiger partial charge in [-0.1, -0.05) is 72.7 Å². The van der Waals surface area contributed by atoms with Crippen LogP contribution >= 0.6 is 0 Å². The van der Waals surface area contributed by atoms with E-state index < -0.39 is 0 Å². The number of azide groups is 1. The highest BCUT2D eigenvalue weighted by molar-refractivity contribution is 6.06. The molecule has 1 N–H and O–H groups in total. The van der Waals surface area contributed by atoms with Crippen molar-refractivity contribution in [1.29, 1.82) is 0 Å². The molecule has 27 heavy (non-hydrogen) atoms. The second-order valence-corrected chi connectivity index (χ2v) is 7.04. The van der Waals surface area contributed by atoms with E-state index in [0.717, 1.165) is 33.2 Å². The predicted molar refractivity (Wildman–Crippen MR) is 108 cm³/mol. The van der Waals surface area contributed by atoms with Crippen molar-refractivity contribution < 1.29 is 4.79 Å². The first-order valence-corrected chi connectivity index (χ1v) is 9.09. The first-order chi connectivity index (χ1) is 13.2. The van der Waals surface area contributed by atoms with E-state index in [1.807, 2.05) is 19.1 Å². The summed E-state index contributed by atoms with van der Waals surface area (Å²) in [7, 11) is 0. The van der Waals surface area contributed by atoms with Gasteiger partial charge in [0.25, 0.3) is 0 Å². The number of hydrogen-bond donors (Lipinski definition) is 1. The third kappa shape index (κ3) is 3.25. The molecule has 5 heteroatoms. The number of amides is 1. The Balaban J connectivity index is 1.72. The van der Waals surface area contributed by atoms with Crippen molar-refractivity contribution in [3.63, 3.8) is 0 Å². The third-order valence-electron chi connectivity index (χ3n) is 5.32. The van der Waals surface area contributed by atoms with Crippen LogP contribution in [-0.4, -0.2) is 12.5 Å². The van der Waals surface area contributed by atoms with Crippen LogP contribution in [0.3, 0.4) is 0 Å². The van der Waals surface area contributed by atoms with E-state index in [0.29, 0.717) is 13.0 Å². The van der Waals surface area contributed by atoms with Crippen LogP contribution in [0.15, 0.2) is 65.8 Å². The largest absolute Gasteiger partial charge is 0.325 e. The van der Waals surface area contributed by atoms with Crippen LogP contribution in [0.1, 0.15) is 41.9 Å². The van der Waals surface area contributed by atoms with Gasteiger partial charge in [-0.25, -0.2) is 0 Å². The molecule has 0 bridgehead atoms. The molecule has 3 aromatic rings. The van der Waals surface area contributed by atoms with Crippen LogP contribution in [0.2, 0.25) is 0 Å². The maximum atomic E-state index is 12.4. The summed E-state index contributed by atoms with van der Waals surface area (Å²) in [6.45, 7) is 2.48. The summed E-state index contributed by atoms with van der Waals surface area (Å²) in [6.07, 6.45) is 0.443. The molecular formula is C22H20N4O. The number of fused-ring (bicyclic) bond motifs is 3. The Morgan fingerprint density at radius 2 is 1.93 bits per heavy atom. The highest BCUT2D eigenvalue weighted by Gasteiger charge is 2.27. The first-order valence-electron chi connectivity index (χ1n) is 9.09. The fourth-order valence-electron chi connectivity index (χ4n) is 3.82. The lowest BCUT2D eigenvalue weighted by Crippen LogP contribution is -2.23. The second kappa shape index (κ2) is 7.14. The lowest BCUT2D eigenvalue weighted by molar-refractivity contribution is -0.116. The van der Waals surface area contributed by atoms with Crippen molar-refractivity contribution >= 4 is 22.4 Å². The molecule has 3 aromatic carbocycles. The fourth-order valence-corrected chi connectivity index (χ4v) is 3.82. The normalized spacial score (nSPS) is 16.9. The van der Waals surface area contributed by atoms with Gasteiger partial charge in [0.1, 0.15) is 0 Å². The van der Waals surface area contributed by atoms with E-state index >= 15 is 0 Å². The lowest BCUT2D eigenvalue weighted by Gasteiger charge is -2.27. The Kier molecular flexibility index (Phi) is 4.53. The molecule has 134 valence electrons. The molecule has 5 nitrogen and oxygen atoms in total. The molecule has 2 atom stereocenters. The minimum atomic E-state index is 0.0415. The zero-order valence-corrected chi connectivity index (χ0v) is 15.1. The molecule has 0 aliphatic carbocycles. The Bertz CT molecular complexity index is 1050. The lowest BCUT2D eigenvalue weighted by atomic mass is 9.82. The van der Waals surface area contributed by atoms with Gasteiger partial charge in [-0.3, -0.25) is 4.79 Å². The Morgan fingerprint density at radius 1 is 1.15 bits per heavy atom. The van der Waals surface area contributed by atoms with Gasteiger partial charge in [0.05, 0.1) is 5.69 Å². The molecule has 1 heterocycles. The number of carbonyl (C=O) groups excluding carboxylic acids is 1. The minimum Gasteiger partial charge on any atom is -0.325 e. The van der Waals surface area contributed by atoms with Gasteiger partial charge in [0.15, 0.2) is 0 Å². The van der Waals surface area contributed by atoms with Gasteiger partial charge in [0.2, 0.25) is 5.91 Å². The van der Waals surface area contributed by atoms with Crippen molar-refractivity contribution in [1.82, 2.24) is 0 Å². The van der Waals surface area contributed by atoms with Gasteiger partial charge >= 0.3 is 0 Å². The predicted octanol–water partition coefficient (Wildman–Crippen LogP) is 5.73. The van der Waals surface area contributed by atoms with Crippen LogP contribution in [0.4, 0.5) is 5.69 Å². The molecule has 0 spiro atoms. The monoisotopic (exact) mass is 356 g/mol. The number of nitrogens with zero attached hydrogens (tertiary/aromatic N) is 3. The van der Waals surface area contributed by atoms with Gasteiger partial charge in [-0.15, -0.1) is 0 Å². The molecule has 4 rings (SSSR count). The fraction of sp³-hybridized carbons (Fsp3) is 0.227. The summed E-state index contributed by atoms with van der Waals surface area (Å²) in [6, 6.07) is 20.7. The summed E-state index contributed by atoms with van der Waals surface area (Å²) >= 11 is 0. The highest BCUT2D eigenvalue weighted by Crippen LogP contribution is 2.41. The van der Waals surface area contributed by atoms with E-state index in [1.165, 1.54) is 0 Å². The molecule has 1 aliphatic rings. The summed E-state index contributed by atoms with van der Waals surface area (Å²) in [4.78, 5) is 15.2. The van der Waals surface area contributed by atoms with Crippen LogP contribution in [-0.2, 0) is 4.79 Å². The Morgan fingerprint density at radius 3 is 2.70 bits per heavy atom. The number of rotatable bonds is 4. The van der Waals surface area contributed by atoms with E-state index in [-0.39, 0.29) is 17.7 Å². The second-order valence-electron chi connectivity index (χ2n) is 7.04. The zero-order chi connectivity index (χ0) is 18.8. The molecule has 0 saturated carbocycles. The topological polar surface area (TPSA) is 77.9 Å². The standard InChI is InChI=1S/C22H20N4O/c1-14(13-24-26-23)15-6-8-17(9-7-15)20-12-21(27)25-22-18-5-3-2-4-16(18)10-11-19(20)22/h2-11,14,20H,12-13H2,1H3,(H,25,27).